The first-order chi connectivity index (χ1) is 20.4. The lowest BCUT2D eigenvalue weighted by molar-refractivity contribution is -0.142. The monoisotopic (exact) mass is 619 g/mol. The molecule has 2 rings (SSSR count). The van der Waals surface area contributed by atoms with Gasteiger partial charge in [0.2, 0.25) is 23.6 Å². The summed E-state index contributed by atoms with van der Waals surface area (Å²) in [6, 6.07) is 2.89. The number of H-pyrrole nitrogens is 1. The van der Waals surface area contributed by atoms with Crippen LogP contribution in [0.5, 0.6) is 0 Å². The maximum Gasteiger partial charge on any atom is 0.326 e. The first-order valence-electron chi connectivity index (χ1n) is 13.7. The average molecular weight is 620 g/mol. The molecule has 0 bridgehead atoms. The van der Waals surface area contributed by atoms with Crippen molar-refractivity contribution in [3.8, 4) is 0 Å². The van der Waals surface area contributed by atoms with Gasteiger partial charge in [-0.05, 0) is 55.7 Å². The van der Waals surface area contributed by atoms with Gasteiger partial charge in [-0.1, -0.05) is 18.2 Å². The number of benzene rings is 1. The number of primary amides is 1. The van der Waals surface area contributed by atoms with Gasteiger partial charge in [0.25, 0.3) is 0 Å². The largest absolute Gasteiger partial charge is 0.480 e. The minimum atomic E-state index is -1.30. The molecule has 0 spiro atoms. The standard InChI is InChI=1S/C27H41N9O6S/c1-43-12-10-21(26(41)42)36-25(40)20(8-9-22(29)37)35-24(39)19(7-4-11-32-27(30)31)34-23(38)17(28)13-15-14-33-18-6-3-2-5-16(15)18/h2-3,5-6,14,17,19-21,33H,4,7-13,28H2,1H3,(H2,29,37)(H,34,38)(H,35,39)(H,36,40)(H,41,42)(H4,30,31,32). The van der Waals surface area contributed by atoms with Crippen LogP contribution in [0, 0.1) is 0 Å². The summed E-state index contributed by atoms with van der Waals surface area (Å²) >= 11 is 1.41. The van der Waals surface area contributed by atoms with Gasteiger partial charge in [0.05, 0.1) is 6.04 Å². The Bertz CT molecular complexity index is 1300. The molecule has 0 fully saturated rings. The van der Waals surface area contributed by atoms with Crippen LogP contribution in [-0.2, 0) is 30.4 Å². The van der Waals surface area contributed by atoms with Gasteiger partial charge in [0.15, 0.2) is 5.96 Å². The molecule has 15 nitrogen and oxygen atoms in total. The van der Waals surface area contributed by atoms with E-state index in [0.717, 1.165) is 16.5 Å². The molecule has 236 valence electrons. The van der Waals surface area contributed by atoms with Crippen LogP contribution in [0.4, 0.5) is 0 Å². The number of carbonyl (C=O) groups excluding carboxylic acids is 4. The van der Waals surface area contributed by atoms with E-state index in [1.807, 2.05) is 24.3 Å². The minimum absolute atomic E-state index is 0.0871. The highest BCUT2D eigenvalue weighted by Crippen LogP contribution is 2.19. The first-order valence-corrected chi connectivity index (χ1v) is 15.1. The summed E-state index contributed by atoms with van der Waals surface area (Å²) in [5.74, 6) is -3.76. The Morgan fingerprint density at radius 1 is 0.930 bits per heavy atom. The number of amides is 4. The first kappa shape index (κ1) is 34.9. The van der Waals surface area contributed by atoms with Gasteiger partial charge in [-0.3, -0.25) is 24.2 Å². The molecule has 4 atom stereocenters. The Morgan fingerprint density at radius 2 is 1.56 bits per heavy atom. The lowest BCUT2D eigenvalue weighted by Gasteiger charge is -2.25. The number of rotatable bonds is 19. The Hall–Kier alpha value is -4.31. The van der Waals surface area contributed by atoms with E-state index in [2.05, 4.69) is 25.9 Å². The number of fused-ring (bicyclic) bond motifs is 1. The summed E-state index contributed by atoms with van der Waals surface area (Å²) in [4.78, 5) is 69.7. The van der Waals surface area contributed by atoms with Gasteiger partial charge in [0, 0.05) is 30.1 Å². The molecule has 2 aromatic rings. The van der Waals surface area contributed by atoms with Crippen LogP contribution < -0.4 is 38.9 Å². The van der Waals surface area contributed by atoms with Crippen LogP contribution in [0.2, 0.25) is 0 Å². The predicted octanol–water partition coefficient (Wildman–Crippen LogP) is -1.35. The Balaban J connectivity index is 2.19. The van der Waals surface area contributed by atoms with E-state index in [0.29, 0.717) is 12.2 Å². The summed E-state index contributed by atoms with van der Waals surface area (Å²) in [6.07, 6.45) is 3.85. The number of aliphatic carboxylic acids is 1. The molecule has 1 heterocycles. The molecular formula is C27H41N9O6S. The molecule has 0 aliphatic carbocycles. The fourth-order valence-electron chi connectivity index (χ4n) is 4.27. The van der Waals surface area contributed by atoms with Crippen LogP contribution in [0.25, 0.3) is 10.9 Å². The zero-order valence-corrected chi connectivity index (χ0v) is 24.8. The number of carboxylic acid groups (broad SMARTS) is 1. The molecule has 0 aliphatic rings. The lowest BCUT2D eigenvalue weighted by atomic mass is 10.0. The van der Waals surface area contributed by atoms with E-state index < -0.39 is 53.8 Å². The van der Waals surface area contributed by atoms with E-state index in [1.54, 1.807) is 12.5 Å². The highest BCUT2D eigenvalue weighted by atomic mass is 32.2. The van der Waals surface area contributed by atoms with Crippen molar-refractivity contribution in [1.82, 2.24) is 20.9 Å². The molecule has 4 amide bonds. The van der Waals surface area contributed by atoms with Crippen molar-refractivity contribution in [1.29, 1.82) is 0 Å². The van der Waals surface area contributed by atoms with Gasteiger partial charge >= 0.3 is 5.97 Å². The van der Waals surface area contributed by atoms with E-state index in [-0.39, 0.29) is 44.6 Å². The number of carboxylic acids is 1. The fraction of sp³-hybridized carbons (Fsp3) is 0.481. The topological polar surface area (TPSA) is 274 Å². The third-order valence-electron chi connectivity index (χ3n) is 6.57. The smallest absolute Gasteiger partial charge is 0.326 e. The van der Waals surface area contributed by atoms with Crippen molar-refractivity contribution in [2.75, 3.05) is 18.6 Å². The minimum Gasteiger partial charge on any atom is -0.480 e. The zero-order chi connectivity index (χ0) is 31.9. The number of guanidine groups is 1. The average Bonchev–Trinajstić information content (AvgIpc) is 3.36. The van der Waals surface area contributed by atoms with E-state index >= 15 is 0 Å². The zero-order valence-electron chi connectivity index (χ0n) is 24.0. The summed E-state index contributed by atoms with van der Waals surface area (Å²) in [5.41, 5.74) is 23.9. The molecule has 4 unspecified atom stereocenters. The molecule has 1 aromatic heterocycles. The van der Waals surface area contributed by atoms with Crippen LogP contribution >= 0.6 is 11.8 Å². The van der Waals surface area contributed by atoms with Gasteiger partial charge in [0.1, 0.15) is 18.1 Å². The molecular weight excluding hydrogens is 578 g/mol. The third-order valence-corrected chi connectivity index (χ3v) is 7.21. The molecule has 16 heteroatoms. The van der Waals surface area contributed by atoms with Crippen molar-refractivity contribution in [2.24, 2.45) is 27.9 Å². The van der Waals surface area contributed by atoms with Gasteiger partial charge in [-0.15, -0.1) is 0 Å². The highest BCUT2D eigenvalue weighted by molar-refractivity contribution is 7.98. The van der Waals surface area contributed by atoms with Gasteiger partial charge < -0.3 is 49.0 Å². The lowest BCUT2D eigenvalue weighted by Crippen LogP contribution is -2.57. The predicted molar refractivity (Wildman–Crippen MR) is 165 cm³/mol. The number of para-hydroxylation sites is 1. The van der Waals surface area contributed by atoms with Crippen LogP contribution in [0.15, 0.2) is 35.5 Å². The Morgan fingerprint density at radius 3 is 2.19 bits per heavy atom. The molecule has 1 aromatic carbocycles. The fourth-order valence-corrected chi connectivity index (χ4v) is 4.75. The van der Waals surface area contributed by atoms with Crippen LogP contribution in [0.3, 0.4) is 0 Å². The van der Waals surface area contributed by atoms with Gasteiger partial charge in [-0.2, -0.15) is 11.8 Å². The maximum atomic E-state index is 13.4. The van der Waals surface area contributed by atoms with Crippen LogP contribution in [0.1, 0.15) is 37.7 Å². The number of nitrogens with two attached hydrogens (primary N) is 4. The second-order valence-electron chi connectivity index (χ2n) is 9.93. The Labute approximate surface area is 253 Å². The number of aromatic amines is 1. The van der Waals surface area contributed by atoms with Crippen LogP contribution in [-0.4, -0.2) is 88.4 Å². The highest BCUT2D eigenvalue weighted by Gasteiger charge is 2.30. The summed E-state index contributed by atoms with van der Waals surface area (Å²) < 4.78 is 0. The summed E-state index contributed by atoms with van der Waals surface area (Å²) in [5, 5.41) is 18.0. The third kappa shape index (κ3) is 11.8. The number of nitrogens with zero attached hydrogens (tertiary/aromatic N) is 1. The van der Waals surface area contributed by atoms with E-state index in [1.165, 1.54) is 11.8 Å². The maximum absolute atomic E-state index is 13.4. The number of thioether (sulfide) groups is 1. The molecule has 0 radical (unpaired) electrons. The SMILES string of the molecule is CSCCC(NC(=O)C(CCC(N)=O)NC(=O)C(CCCN=C(N)N)NC(=O)C(N)Cc1c[nH]c2ccccc12)C(=O)O. The second kappa shape index (κ2) is 17.6. The second-order valence-corrected chi connectivity index (χ2v) is 10.9. The molecule has 43 heavy (non-hydrogen) atoms. The van der Waals surface area contributed by atoms with E-state index in [9.17, 15) is 29.1 Å². The van der Waals surface area contributed by atoms with Crippen molar-refractivity contribution < 1.29 is 29.1 Å². The molecule has 0 saturated heterocycles. The van der Waals surface area contributed by atoms with E-state index in [4.69, 9.17) is 22.9 Å². The summed E-state index contributed by atoms with van der Waals surface area (Å²) in [7, 11) is 0. The normalized spacial score (nSPS) is 13.7. The van der Waals surface area contributed by atoms with Gasteiger partial charge in [-0.25, -0.2) is 4.79 Å². The molecule has 0 saturated carbocycles. The summed E-state index contributed by atoms with van der Waals surface area (Å²) in [6.45, 7) is 0.171. The quantitative estimate of drug-likeness (QED) is 0.0506. The molecule has 0 aliphatic heterocycles. The van der Waals surface area contributed by atoms with Crippen molar-refractivity contribution in [3.63, 3.8) is 0 Å². The number of aromatic nitrogens is 1. The number of carbonyl (C=O) groups is 5. The number of hydrogen-bond acceptors (Lipinski definition) is 8. The Kier molecular flexibility index (Phi) is 14.3. The van der Waals surface area contributed by atoms with Crippen molar-refractivity contribution >= 4 is 58.2 Å². The van der Waals surface area contributed by atoms with Crippen molar-refractivity contribution in [2.45, 2.75) is 62.7 Å². The molecule has 13 N–H and O–H groups in total. The van der Waals surface area contributed by atoms with Crippen molar-refractivity contribution in [3.05, 3.63) is 36.0 Å². The number of aliphatic imine (C=N–C) groups is 1. The number of hydrogen-bond donors (Lipinski definition) is 9. The number of nitrogens with one attached hydrogen (secondary N) is 4.